The first-order valence-electron chi connectivity index (χ1n) is 7.15. The third-order valence-corrected chi connectivity index (χ3v) is 4.16. The number of benzene rings is 1. The number of nitrogens with one attached hydrogen (secondary N) is 2. The number of rotatable bonds is 5. The number of nitrogens with zero attached hydrogens (tertiary/aromatic N) is 1. The SMILES string of the molecule is CC(C)c1nc(CCNC(=O)C(=O)Nc2ccccc2)cs1. The van der Waals surface area contributed by atoms with E-state index >= 15 is 0 Å². The zero-order valence-corrected chi connectivity index (χ0v) is 13.4. The van der Waals surface area contributed by atoms with Gasteiger partial charge in [0, 0.05) is 30.0 Å². The van der Waals surface area contributed by atoms with Crippen LogP contribution in [0, 0.1) is 0 Å². The van der Waals surface area contributed by atoms with E-state index in [1.165, 1.54) is 0 Å². The third-order valence-electron chi connectivity index (χ3n) is 2.97. The molecule has 0 atom stereocenters. The molecule has 0 aliphatic carbocycles. The molecule has 2 aromatic rings. The van der Waals surface area contributed by atoms with Crippen LogP contribution in [0.3, 0.4) is 0 Å². The Morgan fingerprint density at radius 2 is 1.91 bits per heavy atom. The van der Waals surface area contributed by atoms with Crippen molar-refractivity contribution in [2.75, 3.05) is 11.9 Å². The van der Waals surface area contributed by atoms with Crippen molar-refractivity contribution < 1.29 is 9.59 Å². The van der Waals surface area contributed by atoms with Gasteiger partial charge in [-0.05, 0) is 12.1 Å². The van der Waals surface area contributed by atoms with Crippen LogP contribution in [0.15, 0.2) is 35.7 Å². The summed E-state index contributed by atoms with van der Waals surface area (Å²) >= 11 is 1.62. The van der Waals surface area contributed by atoms with Gasteiger partial charge in [-0.25, -0.2) is 4.98 Å². The molecule has 0 unspecified atom stereocenters. The fraction of sp³-hybridized carbons (Fsp3) is 0.312. The predicted molar refractivity (Wildman–Crippen MR) is 88.0 cm³/mol. The van der Waals surface area contributed by atoms with Gasteiger partial charge in [0.15, 0.2) is 0 Å². The summed E-state index contributed by atoms with van der Waals surface area (Å²) in [6.45, 7) is 4.58. The van der Waals surface area contributed by atoms with Crippen molar-refractivity contribution in [1.29, 1.82) is 0 Å². The molecule has 0 radical (unpaired) electrons. The molecule has 0 spiro atoms. The number of thiazole rings is 1. The lowest BCUT2D eigenvalue weighted by Crippen LogP contribution is -2.36. The van der Waals surface area contributed by atoms with Crippen LogP contribution in [0.4, 0.5) is 5.69 Å². The molecule has 0 saturated carbocycles. The first kappa shape index (κ1) is 16.2. The Bertz CT molecular complexity index is 638. The molecule has 22 heavy (non-hydrogen) atoms. The largest absolute Gasteiger partial charge is 0.347 e. The second-order valence-corrected chi connectivity index (χ2v) is 6.05. The third kappa shape index (κ3) is 4.66. The first-order chi connectivity index (χ1) is 10.6. The first-order valence-corrected chi connectivity index (χ1v) is 8.02. The van der Waals surface area contributed by atoms with Crippen LogP contribution in [-0.4, -0.2) is 23.3 Å². The minimum atomic E-state index is -0.660. The minimum absolute atomic E-state index is 0.391. The lowest BCUT2D eigenvalue weighted by molar-refractivity contribution is -0.136. The zero-order valence-electron chi connectivity index (χ0n) is 12.6. The van der Waals surface area contributed by atoms with Gasteiger partial charge < -0.3 is 10.6 Å². The van der Waals surface area contributed by atoms with Gasteiger partial charge in [-0.3, -0.25) is 9.59 Å². The van der Waals surface area contributed by atoms with Gasteiger partial charge in [0.25, 0.3) is 0 Å². The Morgan fingerprint density at radius 3 is 2.55 bits per heavy atom. The molecule has 0 bridgehead atoms. The molecule has 2 N–H and O–H groups in total. The molecule has 0 aliphatic heterocycles. The summed E-state index contributed by atoms with van der Waals surface area (Å²) < 4.78 is 0. The molecule has 2 amide bonds. The van der Waals surface area contributed by atoms with E-state index in [9.17, 15) is 9.59 Å². The number of aromatic nitrogens is 1. The fourth-order valence-corrected chi connectivity index (χ4v) is 2.67. The molecule has 6 heteroatoms. The van der Waals surface area contributed by atoms with Gasteiger partial charge >= 0.3 is 11.8 Å². The van der Waals surface area contributed by atoms with Gasteiger partial charge in [0.05, 0.1) is 10.7 Å². The van der Waals surface area contributed by atoms with Crippen molar-refractivity contribution in [3.63, 3.8) is 0 Å². The van der Waals surface area contributed by atoms with Crippen LogP contribution < -0.4 is 10.6 Å². The van der Waals surface area contributed by atoms with Crippen LogP contribution in [0.5, 0.6) is 0 Å². The number of hydrogen-bond donors (Lipinski definition) is 2. The van der Waals surface area contributed by atoms with Gasteiger partial charge in [0.2, 0.25) is 0 Å². The predicted octanol–water partition coefficient (Wildman–Crippen LogP) is 2.56. The number of para-hydroxylation sites is 1. The number of amides is 2. The Kier molecular flexibility index (Phi) is 5.66. The van der Waals surface area contributed by atoms with Crippen LogP contribution in [0.25, 0.3) is 0 Å². The monoisotopic (exact) mass is 317 g/mol. The van der Waals surface area contributed by atoms with Gasteiger partial charge in [-0.2, -0.15) is 0 Å². The number of hydrogen-bond acceptors (Lipinski definition) is 4. The zero-order chi connectivity index (χ0) is 15.9. The topological polar surface area (TPSA) is 71.1 Å². The quantitative estimate of drug-likeness (QED) is 0.833. The lowest BCUT2D eigenvalue weighted by atomic mass is 10.2. The van der Waals surface area contributed by atoms with Crippen LogP contribution in [-0.2, 0) is 16.0 Å². The van der Waals surface area contributed by atoms with Crippen LogP contribution in [0.1, 0.15) is 30.5 Å². The lowest BCUT2D eigenvalue weighted by Gasteiger charge is -2.05. The summed E-state index contributed by atoms with van der Waals surface area (Å²) in [7, 11) is 0. The maximum Gasteiger partial charge on any atom is 0.313 e. The molecular weight excluding hydrogens is 298 g/mol. The normalized spacial score (nSPS) is 10.5. The van der Waals surface area contributed by atoms with Gasteiger partial charge in [-0.15, -0.1) is 11.3 Å². The Morgan fingerprint density at radius 1 is 1.18 bits per heavy atom. The minimum Gasteiger partial charge on any atom is -0.347 e. The molecule has 1 aromatic heterocycles. The van der Waals surface area contributed by atoms with E-state index in [4.69, 9.17) is 0 Å². The average Bonchev–Trinajstić information content (AvgIpc) is 2.97. The Hall–Kier alpha value is -2.21. The maximum absolute atomic E-state index is 11.7. The molecule has 0 fully saturated rings. The fourth-order valence-electron chi connectivity index (χ4n) is 1.80. The molecule has 5 nitrogen and oxygen atoms in total. The molecule has 1 heterocycles. The standard InChI is InChI=1S/C16H19N3O2S/c1-11(2)16-19-13(10-22-16)8-9-17-14(20)15(21)18-12-6-4-3-5-7-12/h3-7,10-11H,8-9H2,1-2H3,(H,17,20)(H,18,21). The summed E-state index contributed by atoms with van der Waals surface area (Å²) in [4.78, 5) is 27.9. The molecule has 2 rings (SSSR count). The average molecular weight is 317 g/mol. The second kappa shape index (κ2) is 7.70. The summed E-state index contributed by atoms with van der Waals surface area (Å²) in [5, 5.41) is 8.23. The van der Waals surface area contributed by atoms with E-state index in [0.29, 0.717) is 24.6 Å². The number of anilines is 1. The maximum atomic E-state index is 11.7. The highest BCUT2D eigenvalue weighted by Gasteiger charge is 2.13. The van der Waals surface area contributed by atoms with E-state index in [0.717, 1.165) is 10.7 Å². The highest BCUT2D eigenvalue weighted by atomic mass is 32.1. The van der Waals surface area contributed by atoms with E-state index in [2.05, 4.69) is 29.5 Å². The van der Waals surface area contributed by atoms with Crippen molar-refractivity contribution in [3.05, 3.63) is 46.4 Å². The summed E-state index contributed by atoms with van der Waals surface area (Å²) in [5.41, 5.74) is 1.54. The smallest absolute Gasteiger partial charge is 0.313 e. The van der Waals surface area contributed by atoms with Crippen molar-refractivity contribution in [2.45, 2.75) is 26.2 Å². The number of carbonyl (C=O) groups excluding carboxylic acids is 2. The highest BCUT2D eigenvalue weighted by Crippen LogP contribution is 2.19. The van der Waals surface area contributed by atoms with Crippen LogP contribution in [0.2, 0.25) is 0 Å². The second-order valence-electron chi connectivity index (χ2n) is 5.16. The summed E-state index contributed by atoms with van der Waals surface area (Å²) in [6.07, 6.45) is 0.619. The van der Waals surface area contributed by atoms with E-state index < -0.39 is 11.8 Å². The van der Waals surface area contributed by atoms with E-state index in [1.807, 2.05) is 11.4 Å². The Balaban J connectivity index is 1.76. The van der Waals surface area contributed by atoms with E-state index in [1.54, 1.807) is 35.6 Å². The molecule has 0 saturated heterocycles. The van der Waals surface area contributed by atoms with Crippen molar-refractivity contribution in [3.8, 4) is 0 Å². The Labute approximate surface area is 133 Å². The van der Waals surface area contributed by atoms with Gasteiger partial charge in [0.1, 0.15) is 0 Å². The van der Waals surface area contributed by atoms with Gasteiger partial charge in [-0.1, -0.05) is 32.0 Å². The molecule has 1 aromatic carbocycles. The number of carbonyl (C=O) groups is 2. The molecule has 116 valence electrons. The summed E-state index contributed by atoms with van der Waals surface area (Å²) in [5.74, 6) is -0.888. The van der Waals surface area contributed by atoms with Crippen molar-refractivity contribution in [1.82, 2.24) is 10.3 Å². The summed E-state index contributed by atoms with van der Waals surface area (Å²) in [6, 6.07) is 8.89. The molecule has 0 aliphatic rings. The van der Waals surface area contributed by atoms with E-state index in [-0.39, 0.29) is 0 Å². The van der Waals surface area contributed by atoms with Crippen LogP contribution >= 0.6 is 11.3 Å². The van der Waals surface area contributed by atoms with Crippen molar-refractivity contribution in [2.24, 2.45) is 0 Å². The van der Waals surface area contributed by atoms with Crippen molar-refractivity contribution >= 4 is 28.8 Å². The highest BCUT2D eigenvalue weighted by molar-refractivity contribution is 7.09. The molecular formula is C16H19N3O2S.